The normalized spacial score (nSPS) is 16.4. The van der Waals surface area contributed by atoms with E-state index in [1.807, 2.05) is 37.3 Å². The summed E-state index contributed by atoms with van der Waals surface area (Å²) in [5, 5.41) is 0.504. The number of ether oxygens (including phenoxy) is 1. The molecule has 0 aliphatic carbocycles. The van der Waals surface area contributed by atoms with E-state index in [1.165, 1.54) is 21.7 Å². The predicted molar refractivity (Wildman–Crippen MR) is 142 cm³/mol. The van der Waals surface area contributed by atoms with Gasteiger partial charge in [-0.2, -0.15) is 4.31 Å². The Balaban J connectivity index is 1.51. The molecule has 0 spiro atoms. The Hall–Kier alpha value is -2.57. The van der Waals surface area contributed by atoms with Crippen molar-refractivity contribution < 1.29 is 17.9 Å². The van der Waals surface area contributed by atoms with Gasteiger partial charge >= 0.3 is 0 Å². The molecule has 1 aromatic carbocycles. The van der Waals surface area contributed by atoms with Gasteiger partial charge in [0.05, 0.1) is 27.7 Å². The van der Waals surface area contributed by atoms with Crippen LogP contribution in [0.1, 0.15) is 25.3 Å². The highest BCUT2D eigenvalue weighted by atomic mass is 35.5. The first-order chi connectivity index (χ1) is 17.4. The molecular formula is C24H23ClN4O4S3. The van der Waals surface area contributed by atoms with Gasteiger partial charge < -0.3 is 4.74 Å². The fourth-order valence-electron chi connectivity index (χ4n) is 4.18. The highest BCUT2D eigenvalue weighted by Gasteiger charge is 2.42. The Morgan fingerprint density at radius 2 is 2.00 bits per heavy atom. The van der Waals surface area contributed by atoms with Gasteiger partial charge in [-0.1, -0.05) is 22.9 Å². The smallest absolute Gasteiger partial charge is 0.253 e. The number of aromatic nitrogens is 2. The average molecular weight is 563 g/mol. The van der Waals surface area contributed by atoms with Gasteiger partial charge in [-0.15, -0.1) is 11.3 Å². The highest BCUT2D eigenvalue weighted by Crippen LogP contribution is 2.36. The molecule has 36 heavy (non-hydrogen) atoms. The van der Waals surface area contributed by atoms with Crippen LogP contribution >= 0.6 is 34.3 Å². The third kappa shape index (κ3) is 4.98. The maximum absolute atomic E-state index is 14.0. The molecule has 1 fully saturated rings. The first-order valence-electron chi connectivity index (χ1n) is 11.4. The van der Waals surface area contributed by atoms with Crippen LogP contribution in [0.4, 0.5) is 5.13 Å². The van der Waals surface area contributed by atoms with Gasteiger partial charge in [0.25, 0.3) is 10.0 Å². The van der Waals surface area contributed by atoms with Crippen molar-refractivity contribution in [3.8, 4) is 5.75 Å². The number of hydrogen-bond acceptors (Lipinski definition) is 8. The van der Waals surface area contributed by atoms with Crippen molar-refractivity contribution in [2.45, 2.75) is 36.6 Å². The Morgan fingerprint density at radius 1 is 1.19 bits per heavy atom. The van der Waals surface area contributed by atoms with Gasteiger partial charge in [-0.25, -0.2) is 13.4 Å². The summed E-state index contributed by atoms with van der Waals surface area (Å²) in [5.41, 5.74) is 1.61. The zero-order valence-corrected chi connectivity index (χ0v) is 22.5. The zero-order chi connectivity index (χ0) is 25.3. The highest BCUT2D eigenvalue weighted by molar-refractivity contribution is 7.91. The number of thiazole rings is 1. The maximum atomic E-state index is 14.0. The molecule has 3 aromatic heterocycles. The summed E-state index contributed by atoms with van der Waals surface area (Å²) >= 11 is 8.37. The largest absolute Gasteiger partial charge is 0.494 e. The molecule has 8 nitrogen and oxygen atoms in total. The quantitative estimate of drug-likeness (QED) is 0.293. The lowest BCUT2D eigenvalue weighted by atomic mass is 10.2. The summed E-state index contributed by atoms with van der Waals surface area (Å²) in [6, 6.07) is 11.5. The van der Waals surface area contributed by atoms with Crippen LogP contribution in [0.15, 0.2) is 59.1 Å². The molecule has 0 N–H and O–H groups in total. The number of fused-ring (bicyclic) bond motifs is 1. The standard InChI is InChI=1S/C24H23ClN4O4S3/c1-2-33-17-5-6-18-20(14-17)34-24(27-18)28(15-16-9-11-26-12-10-16)23(30)19-4-3-13-29(19)36(31,32)22-8-7-21(25)35-22/h5-12,14,19H,2-4,13,15H2,1H3. The monoisotopic (exact) mass is 562 g/mol. The van der Waals surface area contributed by atoms with Gasteiger partial charge in [-0.3, -0.25) is 14.7 Å². The van der Waals surface area contributed by atoms with Crippen molar-refractivity contribution in [1.82, 2.24) is 14.3 Å². The summed E-state index contributed by atoms with van der Waals surface area (Å²) in [4.78, 5) is 24.4. The SMILES string of the molecule is CCOc1ccc2nc(N(Cc3ccncc3)C(=O)C3CCCN3S(=O)(=O)c3ccc(Cl)s3)sc2c1. The molecule has 1 aliphatic heterocycles. The third-order valence-corrected chi connectivity index (χ3v) is 10.5. The van der Waals surface area contributed by atoms with E-state index >= 15 is 0 Å². The second-order valence-electron chi connectivity index (χ2n) is 8.17. The number of hydrogen-bond donors (Lipinski definition) is 0. The average Bonchev–Trinajstić information content (AvgIpc) is 3.62. The second kappa shape index (κ2) is 10.4. The zero-order valence-electron chi connectivity index (χ0n) is 19.3. The van der Waals surface area contributed by atoms with Crippen LogP contribution < -0.4 is 9.64 Å². The van der Waals surface area contributed by atoms with E-state index in [0.717, 1.165) is 32.9 Å². The lowest BCUT2D eigenvalue weighted by molar-refractivity contribution is -0.121. The fraction of sp³-hybridized carbons (Fsp3) is 0.292. The molecule has 4 heterocycles. The number of thiophene rings is 1. The molecule has 1 amide bonds. The summed E-state index contributed by atoms with van der Waals surface area (Å²) in [6.07, 6.45) is 4.36. The van der Waals surface area contributed by atoms with Gasteiger partial charge in [0.1, 0.15) is 16.0 Å². The number of anilines is 1. The first-order valence-corrected chi connectivity index (χ1v) is 14.8. The lowest BCUT2D eigenvalue weighted by Gasteiger charge is -2.28. The minimum atomic E-state index is -3.86. The minimum absolute atomic E-state index is 0.135. The predicted octanol–water partition coefficient (Wildman–Crippen LogP) is 5.19. The van der Waals surface area contributed by atoms with Crippen molar-refractivity contribution in [3.63, 3.8) is 0 Å². The molecule has 1 atom stereocenters. The second-order valence-corrected chi connectivity index (χ2v) is 13.0. The molecule has 188 valence electrons. The number of rotatable bonds is 8. The molecule has 4 aromatic rings. The van der Waals surface area contributed by atoms with Gasteiger partial charge in [0.15, 0.2) is 5.13 Å². The summed E-state index contributed by atoms with van der Waals surface area (Å²) in [6.45, 7) is 2.98. The van der Waals surface area contributed by atoms with Gasteiger partial charge in [0, 0.05) is 18.9 Å². The van der Waals surface area contributed by atoms with E-state index in [1.54, 1.807) is 23.4 Å². The number of carbonyl (C=O) groups excluding carboxylic acids is 1. The summed E-state index contributed by atoms with van der Waals surface area (Å²) in [5.74, 6) is 0.425. The maximum Gasteiger partial charge on any atom is 0.253 e. The third-order valence-electron chi connectivity index (χ3n) is 5.85. The van der Waals surface area contributed by atoms with E-state index in [2.05, 4.69) is 4.98 Å². The van der Waals surface area contributed by atoms with Gasteiger partial charge in [0.2, 0.25) is 5.91 Å². The lowest BCUT2D eigenvalue weighted by Crippen LogP contribution is -2.47. The topological polar surface area (TPSA) is 92.7 Å². The number of pyridine rings is 1. The Labute approximate surface area is 222 Å². The number of carbonyl (C=O) groups is 1. The van der Waals surface area contributed by atoms with Crippen LogP contribution in [0.3, 0.4) is 0 Å². The van der Waals surface area contributed by atoms with Gasteiger partial charge in [-0.05, 0) is 67.8 Å². The minimum Gasteiger partial charge on any atom is -0.494 e. The van der Waals surface area contributed by atoms with Crippen LogP contribution in [-0.2, 0) is 21.4 Å². The van der Waals surface area contributed by atoms with Crippen LogP contribution in [0.5, 0.6) is 5.75 Å². The molecule has 1 unspecified atom stereocenters. The van der Waals surface area contributed by atoms with E-state index in [4.69, 9.17) is 21.3 Å². The van der Waals surface area contributed by atoms with Crippen molar-refractivity contribution in [2.24, 2.45) is 0 Å². The van der Waals surface area contributed by atoms with E-state index < -0.39 is 16.1 Å². The van der Waals surface area contributed by atoms with Crippen LogP contribution in [0.25, 0.3) is 10.2 Å². The van der Waals surface area contributed by atoms with Crippen LogP contribution in [0, 0.1) is 0 Å². The van der Waals surface area contributed by atoms with Crippen LogP contribution in [-0.4, -0.2) is 47.8 Å². The first kappa shape index (κ1) is 25.1. The molecule has 0 bridgehead atoms. The summed E-state index contributed by atoms with van der Waals surface area (Å²) in [7, 11) is -3.86. The Bertz CT molecular complexity index is 1490. The molecular weight excluding hydrogens is 540 g/mol. The molecule has 5 rings (SSSR count). The molecule has 1 aliphatic rings. The molecule has 1 saturated heterocycles. The fourth-order valence-corrected chi connectivity index (χ4v) is 8.44. The van der Waals surface area contributed by atoms with Crippen LogP contribution in [0.2, 0.25) is 4.34 Å². The number of sulfonamides is 1. The number of halogens is 1. The van der Waals surface area contributed by atoms with E-state index in [-0.39, 0.29) is 23.2 Å². The van der Waals surface area contributed by atoms with E-state index in [0.29, 0.717) is 28.9 Å². The number of amides is 1. The molecule has 0 saturated carbocycles. The Kier molecular flexibility index (Phi) is 7.27. The van der Waals surface area contributed by atoms with E-state index in [9.17, 15) is 13.2 Å². The van der Waals surface area contributed by atoms with Crippen molar-refractivity contribution in [2.75, 3.05) is 18.1 Å². The van der Waals surface area contributed by atoms with Crippen molar-refractivity contribution in [1.29, 1.82) is 0 Å². The Morgan fingerprint density at radius 3 is 2.72 bits per heavy atom. The molecule has 0 radical (unpaired) electrons. The van der Waals surface area contributed by atoms with Crippen molar-refractivity contribution >= 4 is 65.6 Å². The number of benzene rings is 1. The molecule has 12 heteroatoms. The van der Waals surface area contributed by atoms with Crippen molar-refractivity contribution in [3.05, 3.63) is 64.8 Å². The summed E-state index contributed by atoms with van der Waals surface area (Å²) < 4.78 is 35.1. The number of nitrogens with zero attached hydrogens (tertiary/aromatic N) is 4.